The lowest BCUT2D eigenvalue weighted by Gasteiger charge is -2.17. The number of amides is 1. The summed E-state index contributed by atoms with van der Waals surface area (Å²) in [6.07, 6.45) is 0. The van der Waals surface area contributed by atoms with Gasteiger partial charge >= 0.3 is 0 Å². The van der Waals surface area contributed by atoms with Gasteiger partial charge in [-0.1, -0.05) is 36.0 Å². The van der Waals surface area contributed by atoms with Crippen molar-refractivity contribution in [1.82, 2.24) is 9.55 Å². The lowest BCUT2D eigenvalue weighted by molar-refractivity contribution is -0.115. The van der Waals surface area contributed by atoms with Crippen LogP contribution in [0.25, 0.3) is 10.9 Å². The van der Waals surface area contributed by atoms with E-state index in [1.54, 1.807) is 17.7 Å². The minimum Gasteiger partial charge on any atom is -0.383 e. The van der Waals surface area contributed by atoms with Crippen molar-refractivity contribution in [2.45, 2.75) is 37.7 Å². The number of hydrogen-bond donors (Lipinski definition) is 1. The maximum absolute atomic E-state index is 12.9. The first kappa shape index (κ1) is 21.1. The van der Waals surface area contributed by atoms with E-state index in [9.17, 15) is 9.59 Å². The highest BCUT2D eigenvalue weighted by Gasteiger charge is 2.20. The molecule has 29 heavy (non-hydrogen) atoms. The Bertz CT molecular complexity index is 1090. The molecule has 0 aliphatic heterocycles. The standard InChI is InChI=1S/C22H25N3O3S/c1-14-9-10-15(2)19(13-14)23-20(26)16(3)29-22-24-18-8-6-5-7-17(18)21(27)25(22)11-12-28-4/h5-10,13,16H,11-12H2,1-4H3,(H,23,26)/t16-/m1/s1. The van der Waals surface area contributed by atoms with Crippen molar-refractivity contribution in [3.8, 4) is 0 Å². The number of nitrogens with one attached hydrogen (secondary N) is 1. The fourth-order valence-corrected chi connectivity index (χ4v) is 3.87. The number of nitrogens with zero attached hydrogens (tertiary/aromatic N) is 2. The van der Waals surface area contributed by atoms with Gasteiger partial charge in [-0.05, 0) is 50.1 Å². The summed E-state index contributed by atoms with van der Waals surface area (Å²) in [5, 5.41) is 3.62. The van der Waals surface area contributed by atoms with E-state index in [0.717, 1.165) is 16.8 Å². The second-order valence-electron chi connectivity index (χ2n) is 6.93. The molecule has 0 spiro atoms. The number of fused-ring (bicyclic) bond motifs is 1. The largest absolute Gasteiger partial charge is 0.383 e. The number of para-hydroxylation sites is 1. The number of aromatic nitrogens is 2. The van der Waals surface area contributed by atoms with Crippen LogP contribution in [-0.2, 0) is 16.1 Å². The topological polar surface area (TPSA) is 73.2 Å². The summed E-state index contributed by atoms with van der Waals surface area (Å²) >= 11 is 1.27. The Morgan fingerprint density at radius 2 is 2.00 bits per heavy atom. The molecule has 1 heterocycles. The Hall–Kier alpha value is -2.64. The quantitative estimate of drug-likeness (QED) is 0.473. The SMILES string of the molecule is COCCn1c(S[C@H](C)C(=O)Nc2cc(C)ccc2C)nc2ccccc2c1=O. The van der Waals surface area contributed by atoms with E-state index < -0.39 is 5.25 Å². The van der Waals surface area contributed by atoms with Gasteiger partial charge in [0.25, 0.3) is 5.56 Å². The zero-order valence-electron chi connectivity index (χ0n) is 17.1. The normalized spacial score (nSPS) is 12.1. The first-order valence-corrected chi connectivity index (χ1v) is 10.3. The molecule has 3 rings (SSSR count). The first-order valence-electron chi connectivity index (χ1n) is 9.44. The molecule has 152 valence electrons. The zero-order chi connectivity index (χ0) is 21.0. The number of ether oxygens (including phenoxy) is 1. The summed E-state index contributed by atoms with van der Waals surface area (Å²) in [5.41, 5.74) is 3.37. The van der Waals surface area contributed by atoms with Crippen LogP contribution in [0.3, 0.4) is 0 Å². The average Bonchev–Trinajstić information content (AvgIpc) is 2.70. The first-order chi connectivity index (χ1) is 13.9. The summed E-state index contributed by atoms with van der Waals surface area (Å²) < 4.78 is 6.73. The molecule has 0 aliphatic carbocycles. The molecule has 1 N–H and O–H groups in total. The summed E-state index contributed by atoms with van der Waals surface area (Å²) in [5.74, 6) is -0.135. The molecule has 2 aromatic carbocycles. The molecule has 7 heteroatoms. The van der Waals surface area contributed by atoms with Gasteiger partial charge in [0, 0.05) is 12.8 Å². The van der Waals surface area contributed by atoms with Crippen molar-refractivity contribution >= 4 is 34.3 Å². The van der Waals surface area contributed by atoms with Crippen molar-refractivity contribution in [3.63, 3.8) is 0 Å². The lowest BCUT2D eigenvalue weighted by Crippen LogP contribution is -2.28. The van der Waals surface area contributed by atoms with Gasteiger partial charge in [0.1, 0.15) is 0 Å². The van der Waals surface area contributed by atoms with Gasteiger partial charge < -0.3 is 10.1 Å². The van der Waals surface area contributed by atoms with E-state index in [4.69, 9.17) is 4.74 Å². The van der Waals surface area contributed by atoms with Gasteiger partial charge in [-0.2, -0.15) is 0 Å². The predicted molar refractivity (Wildman–Crippen MR) is 118 cm³/mol. The third-order valence-corrected chi connectivity index (χ3v) is 5.74. The number of aryl methyl sites for hydroxylation is 2. The van der Waals surface area contributed by atoms with Crippen molar-refractivity contribution in [3.05, 3.63) is 63.9 Å². The van der Waals surface area contributed by atoms with E-state index >= 15 is 0 Å². The molecule has 0 saturated carbocycles. The number of carbonyl (C=O) groups excluding carboxylic acids is 1. The second kappa shape index (κ2) is 9.24. The summed E-state index contributed by atoms with van der Waals surface area (Å²) in [6.45, 7) is 6.52. The fourth-order valence-electron chi connectivity index (χ4n) is 2.93. The number of methoxy groups -OCH3 is 1. The molecule has 3 aromatic rings. The molecular formula is C22H25N3O3S. The minimum atomic E-state index is -0.434. The molecule has 1 aromatic heterocycles. The van der Waals surface area contributed by atoms with Crippen LogP contribution in [0.4, 0.5) is 5.69 Å². The van der Waals surface area contributed by atoms with Crippen LogP contribution in [0.5, 0.6) is 0 Å². The van der Waals surface area contributed by atoms with Gasteiger partial charge in [0.05, 0.1) is 29.3 Å². The summed E-state index contributed by atoms with van der Waals surface area (Å²) in [7, 11) is 1.59. The van der Waals surface area contributed by atoms with Crippen LogP contribution in [0.1, 0.15) is 18.1 Å². The number of hydrogen-bond acceptors (Lipinski definition) is 5. The Morgan fingerprint density at radius 1 is 1.24 bits per heavy atom. The van der Waals surface area contributed by atoms with Crippen LogP contribution in [0, 0.1) is 13.8 Å². The van der Waals surface area contributed by atoms with Crippen molar-refractivity contribution in [2.75, 3.05) is 19.0 Å². The summed E-state index contributed by atoms with van der Waals surface area (Å²) in [4.78, 5) is 30.4. The number of thioether (sulfide) groups is 1. The number of carbonyl (C=O) groups is 1. The number of benzene rings is 2. The highest BCUT2D eigenvalue weighted by Crippen LogP contribution is 2.24. The molecule has 6 nitrogen and oxygen atoms in total. The molecule has 1 atom stereocenters. The lowest BCUT2D eigenvalue weighted by atomic mass is 10.1. The van der Waals surface area contributed by atoms with E-state index in [1.807, 2.05) is 57.2 Å². The Kier molecular flexibility index (Phi) is 6.71. The van der Waals surface area contributed by atoms with Gasteiger partial charge in [-0.15, -0.1) is 0 Å². The molecule has 0 fully saturated rings. The van der Waals surface area contributed by atoms with Gasteiger partial charge in [0.15, 0.2) is 5.16 Å². The molecule has 1 amide bonds. The Morgan fingerprint density at radius 3 is 2.76 bits per heavy atom. The molecule has 0 unspecified atom stereocenters. The molecule has 0 radical (unpaired) electrons. The molecule has 0 aliphatic rings. The van der Waals surface area contributed by atoms with Gasteiger partial charge in [-0.3, -0.25) is 14.2 Å². The number of anilines is 1. The fraction of sp³-hybridized carbons (Fsp3) is 0.318. The highest BCUT2D eigenvalue weighted by atomic mass is 32.2. The van der Waals surface area contributed by atoms with Crippen molar-refractivity contribution < 1.29 is 9.53 Å². The van der Waals surface area contributed by atoms with Crippen molar-refractivity contribution in [1.29, 1.82) is 0 Å². The number of rotatable bonds is 7. The smallest absolute Gasteiger partial charge is 0.262 e. The van der Waals surface area contributed by atoms with Crippen LogP contribution in [0.15, 0.2) is 52.4 Å². The molecule has 0 bridgehead atoms. The summed E-state index contributed by atoms with van der Waals surface area (Å²) in [6, 6.07) is 13.2. The third kappa shape index (κ3) is 4.86. The monoisotopic (exact) mass is 411 g/mol. The van der Waals surface area contributed by atoms with E-state index in [1.165, 1.54) is 11.8 Å². The zero-order valence-corrected chi connectivity index (χ0v) is 17.9. The predicted octanol–water partition coefficient (Wildman–Crippen LogP) is 3.78. The van der Waals surface area contributed by atoms with E-state index in [-0.39, 0.29) is 11.5 Å². The van der Waals surface area contributed by atoms with Crippen LogP contribution in [0.2, 0.25) is 0 Å². The molecular weight excluding hydrogens is 386 g/mol. The highest BCUT2D eigenvalue weighted by molar-refractivity contribution is 8.00. The maximum atomic E-state index is 12.9. The van der Waals surface area contributed by atoms with E-state index in [2.05, 4.69) is 10.3 Å². The Labute approximate surface area is 174 Å². The van der Waals surface area contributed by atoms with E-state index in [0.29, 0.717) is 29.2 Å². The van der Waals surface area contributed by atoms with Crippen LogP contribution >= 0.6 is 11.8 Å². The molecule has 0 saturated heterocycles. The van der Waals surface area contributed by atoms with Gasteiger partial charge in [-0.25, -0.2) is 4.98 Å². The maximum Gasteiger partial charge on any atom is 0.262 e. The van der Waals surface area contributed by atoms with Crippen molar-refractivity contribution in [2.24, 2.45) is 0 Å². The van der Waals surface area contributed by atoms with Crippen LogP contribution in [-0.4, -0.2) is 34.4 Å². The van der Waals surface area contributed by atoms with Gasteiger partial charge in [0.2, 0.25) is 5.91 Å². The third-order valence-electron chi connectivity index (χ3n) is 4.65. The minimum absolute atomic E-state index is 0.128. The Balaban J connectivity index is 1.88. The second-order valence-corrected chi connectivity index (χ2v) is 8.24. The van der Waals surface area contributed by atoms with Crippen LogP contribution < -0.4 is 10.9 Å². The average molecular weight is 412 g/mol.